The molecule has 0 bridgehead atoms. The van der Waals surface area contributed by atoms with Crippen molar-refractivity contribution >= 4 is 15.9 Å². The van der Waals surface area contributed by atoms with Gasteiger partial charge in [-0.15, -0.1) is 0 Å². The minimum atomic E-state index is 0.411. The molecule has 2 aromatic rings. The number of nitrogens with one attached hydrogen (secondary N) is 1. The van der Waals surface area contributed by atoms with E-state index in [2.05, 4.69) is 52.4 Å². The lowest BCUT2D eigenvalue weighted by molar-refractivity contribution is 0.306. The minimum absolute atomic E-state index is 0.411. The van der Waals surface area contributed by atoms with Crippen molar-refractivity contribution in [3.63, 3.8) is 0 Å². The Bertz CT molecular complexity index is 535. The standard InChI is InChI=1S/C17H20BrNO/c1-3-17(19-2)14-7-9-16(10-8-14)20-12-13-5-4-6-15(18)11-13/h4-11,17,19H,3,12H2,1-2H3. The number of hydrogen-bond acceptors (Lipinski definition) is 2. The van der Waals surface area contributed by atoms with Crippen molar-refractivity contribution in [3.8, 4) is 5.75 Å². The molecule has 1 atom stereocenters. The summed E-state index contributed by atoms with van der Waals surface area (Å²) in [6.45, 7) is 2.76. The van der Waals surface area contributed by atoms with Crippen LogP contribution in [0.15, 0.2) is 53.0 Å². The molecule has 0 saturated carbocycles. The summed E-state index contributed by atoms with van der Waals surface area (Å²) >= 11 is 3.47. The number of hydrogen-bond donors (Lipinski definition) is 1. The Kier molecular flexibility index (Phi) is 5.62. The Hall–Kier alpha value is -1.32. The first-order chi connectivity index (χ1) is 9.72. The highest BCUT2D eigenvalue weighted by atomic mass is 79.9. The average Bonchev–Trinajstić information content (AvgIpc) is 2.48. The van der Waals surface area contributed by atoms with Gasteiger partial charge in [0, 0.05) is 10.5 Å². The van der Waals surface area contributed by atoms with Crippen molar-refractivity contribution in [1.82, 2.24) is 5.32 Å². The summed E-state index contributed by atoms with van der Waals surface area (Å²) in [6, 6.07) is 16.9. The summed E-state index contributed by atoms with van der Waals surface area (Å²) in [5.41, 5.74) is 2.45. The van der Waals surface area contributed by atoms with Gasteiger partial charge in [-0.25, -0.2) is 0 Å². The molecule has 0 spiro atoms. The van der Waals surface area contributed by atoms with Gasteiger partial charge in [-0.2, -0.15) is 0 Å². The van der Waals surface area contributed by atoms with Gasteiger partial charge in [0.05, 0.1) is 0 Å². The van der Waals surface area contributed by atoms with Gasteiger partial charge in [0.1, 0.15) is 12.4 Å². The second-order valence-corrected chi connectivity index (χ2v) is 5.65. The molecule has 106 valence electrons. The fraction of sp³-hybridized carbons (Fsp3) is 0.294. The van der Waals surface area contributed by atoms with Crippen LogP contribution >= 0.6 is 15.9 Å². The molecule has 0 saturated heterocycles. The van der Waals surface area contributed by atoms with E-state index in [0.717, 1.165) is 22.2 Å². The summed E-state index contributed by atoms with van der Waals surface area (Å²) in [5, 5.41) is 3.31. The molecular formula is C17H20BrNO. The lowest BCUT2D eigenvalue weighted by Crippen LogP contribution is -2.14. The fourth-order valence-electron chi connectivity index (χ4n) is 2.20. The highest BCUT2D eigenvalue weighted by Gasteiger charge is 2.06. The number of benzene rings is 2. The maximum atomic E-state index is 5.81. The second-order valence-electron chi connectivity index (χ2n) is 4.74. The second kappa shape index (κ2) is 7.46. The van der Waals surface area contributed by atoms with Gasteiger partial charge in [0.2, 0.25) is 0 Å². The van der Waals surface area contributed by atoms with Crippen LogP contribution in [-0.2, 0) is 6.61 Å². The van der Waals surface area contributed by atoms with Crippen molar-refractivity contribution in [1.29, 1.82) is 0 Å². The zero-order chi connectivity index (χ0) is 14.4. The molecular weight excluding hydrogens is 314 g/mol. The number of halogens is 1. The zero-order valence-corrected chi connectivity index (χ0v) is 13.5. The lowest BCUT2D eigenvalue weighted by Gasteiger charge is -2.15. The van der Waals surface area contributed by atoms with Gasteiger partial charge in [-0.05, 0) is 48.9 Å². The summed E-state index contributed by atoms with van der Waals surface area (Å²) < 4.78 is 6.89. The fourth-order valence-corrected chi connectivity index (χ4v) is 2.64. The molecule has 0 fully saturated rings. The summed E-state index contributed by atoms with van der Waals surface area (Å²) in [5.74, 6) is 0.902. The molecule has 0 aliphatic heterocycles. The Morgan fingerprint density at radius 3 is 2.50 bits per heavy atom. The SMILES string of the molecule is CCC(NC)c1ccc(OCc2cccc(Br)c2)cc1. The molecule has 1 N–H and O–H groups in total. The van der Waals surface area contributed by atoms with Crippen LogP contribution in [0, 0.1) is 0 Å². The normalized spacial score (nSPS) is 12.2. The molecule has 1 unspecified atom stereocenters. The van der Waals surface area contributed by atoms with Crippen molar-refractivity contribution in [2.24, 2.45) is 0 Å². The largest absolute Gasteiger partial charge is 0.489 e. The first-order valence-corrected chi connectivity index (χ1v) is 7.66. The van der Waals surface area contributed by atoms with Gasteiger partial charge in [-0.1, -0.05) is 47.1 Å². The Labute approximate surface area is 129 Å². The van der Waals surface area contributed by atoms with E-state index >= 15 is 0 Å². The highest BCUT2D eigenvalue weighted by Crippen LogP contribution is 2.21. The molecule has 3 heteroatoms. The van der Waals surface area contributed by atoms with E-state index in [9.17, 15) is 0 Å². The first-order valence-electron chi connectivity index (χ1n) is 6.87. The molecule has 0 aliphatic rings. The quantitative estimate of drug-likeness (QED) is 0.827. The third kappa shape index (κ3) is 4.09. The maximum absolute atomic E-state index is 5.81. The van der Waals surface area contributed by atoms with E-state index < -0.39 is 0 Å². The van der Waals surface area contributed by atoms with Crippen molar-refractivity contribution in [2.75, 3.05) is 7.05 Å². The third-order valence-electron chi connectivity index (χ3n) is 3.33. The van der Waals surface area contributed by atoms with E-state index in [1.807, 2.05) is 31.3 Å². The number of rotatable bonds is 6. The van der Waals surface area contributed by atoms with Gasteiger partial charge in [0.25, 0.3) is 0 Å². The van der Waals surface area contributed by atoms with Crippen molar-refractivity contribution < 1.29 is 4.74 Å². The molecule has 0 aliphatic carbocycles. The zero-order valence-electron chi connectivity index (χ0n) is 11.9. The topological polar surface area (TPSA) is 21.3 Å². The Balaban J connectivity index is 1.97. The average molecular weight is 334 g/mol. The van der Waals surface area contributed by atoms with Crippen LogP contribution < -0.4 is 10.1 Å². The molecule has 0 amide bonds. The predicted octanol–water partition coefficient (Wildman–Crippen LogP) is 4.70. The van der Waals surface area contributed by atoms with E-state index in [1.165, 1.54) is 5.56 Å². The molecule has 2 aromatic carbocycles. The third-order valence-corrected chi connectivity index (χ3v) is 3.83. The van der Waals surface area contributed by atoms with Crippen LogP contribution in [0.4, 0.5) is 0 Å². The van der Waals surface area contributed by atoms with Crippen LogP contribution in [-0.4, -0.2) is 7.05 Å². The number of ether oxygens (including phenoxy) is 1. The molecule has 0 aromatic heterocycles. The molecule has 2 nitrogen and oxygen atoms in total. The Morgan fingerprint density at radius 1 is 1.15 bits per heavy atom. The molecule has 20 heavy (non-hydrogen) atoms. The summed E-state index contributed by atoms with van der Waals surface area (Å²) in [6.07, 6.45) is 1.08. The maximum Gasteiger partial charge on any atom is 0.119 e. The lowest BCUT2D eigenvalue weighted by atomic mass is 10.0. The van der Waals surface area contributed by atoms with Gasteiger partial charge in [-0.3, -0.25) is 0 Å². The highest BCUT2D eigenvalue weighted by molar-refractivity contribution is 9.10. The van der Waals surface area contributed by atoms with Gasteiger partial charge >= 0.3 is 0 Å². The van der Waals surface area contributed by atoms with Crippen LogP contribution in [0.1, 0.15) is 30.5 Å². The first kappa shape index (κ1) is 15.1. The summed E-state index contributed by atoms with van der Waals surface area (Å²) in [7, 11) is 1.99. The van der Waals surface area contributed by atoms with E-state index in [-0.39, 0.29) is 0 Å². The molecule has 2 rings (SSSR count). The van der Waals surface area contributed by atoms with E-state index in [4.69, 9.17) is 4.74 Å². The van der Waals surface area contributed by atoms with Gasteiger partial charge in [0.15, 0.2) is 0 Å². The smallest absolute Gasteiger partial charge is 0.119 e. The Morgan fingerprint density at radius 2 is 1.90 bits per heavy atom. The predicted molar refractivity (Wildman–Crippen MR) is 87.0 cm³/mol. The molecule has 0 radical (unpaired) electrons. The van der Waals surface area contributed by atoms with E-state index in [0.29, 0.717) is 12.6 Å². The van der Waals surface area contributed by atoms with Crippen LogP contribution in [0.2, 0.25) is 0 Å². The van der Waals surface area contributed by atoms with Crippen LogP contribution in [0.5, 0.6) is 5.75 Å². The minimum Gasteiger partial charge on any atom is -0.489 e. The monoisotopic (exact) mass is 333 g/mol. The van der Waals surface area contributed by atoms with Crippen molar-refractivity contribution in [3.05, 3.63) is 64.1 Å². The molecule has 0 heterocycles. The van der Waals surface area contributed by atoms with Crippen LogP contribution in [0.25, 0.3) is 0 Å². The van der Waals surface area contributed by atoms with Crippen LogP contribution in [0.3, 0.4) is 0 Å². The van der Waals surface area contributed by atoms with Gasteiger partial charge < -0.3 is 10.1 Å². The van der Waals surface area contributed by atoms with Crippen molar-refractivity contribution in [2.45, 2.75) is 26.0 Å². The van der Waals surface area contributed by atoms with E-state index in [1.54, 1.807) is 0 Å². The summed E-state index contributed by atoms with van der Waals surface area (Å²) in [4.78, 5) is 0.